The Morgan fingerprint density at radius 1 is 1.20 bits per heavy atom. The molecule has 0 bridgehead atoms. The number of likely N-dealkylation sites (tertiary alicyclic amines) is 1. The van der Waals surface area contributed by atoms with Gasteiger partial charge >= 0.3 is 12.0 Å². The van der Waals surface area contributed by atoms with Crippen LogP contribution >= 0.6 is 0 Å². The number of hydrogen-bond donors (Lipinski definition) is 1. The molecule has 2 amide bonds. The van der Waals surface area contributed by atoms with Gasteiger partial charge in [-0.25, -0.2) is 9.78 Å². The molecule has 0 spiro atoms. The molecule has 2 aromatic rings. The molecule has 1 aromatic carbocycles. The third kappa shape index (κ3) is 3.79. The van der Waals surface area contributed by atoms with E-state index in [0.29, 0.717) is 24.0 Å². The van der Waals surface area contributed by atoms with E-state index in [1.54, 1.807) is 23.1 Å². The molecule has 1 aliphatic rings. The van der Waals surface area contributed by atoms with Crippen LogP contribution in [0.15, 0.2) is 48.5 Å². The van der Waals surface area contributed by atoms with Gasteiger partial charge in [0, 0.05) is 6.54 Å². The maximum atomic E-state index is 12.6. The lowest BCUT2D eigenvalue weighted by atomic mass is 9.85. The molecule has 1 saturated heterocycles. The van der Waals surface area contributed by atoms with Crippen molar-refractivity contribution in [3.05, 3.63) is 59.8 Å². The van der Waals surface area contributed by atoms with E-state index in [9.17, 15) is 9.59 Å². The average Bonchev–Trinajstić information content (AvgIpc) is 2.60. The number of esters is 1. The molecule has 1 aliphatic heterocycles. The van der Waals surface area contributed by atoms with Crippen LogP contribution in [0.5, 0.6) is 0 Å². The summed E-state index contributed by atoms with van der Waals surface area (Å²) in [5.74, 6) is 0.473. The van der Waals surface area contributed by atoms with Gasteiger partial charge in [0.2, 0.25) is 0 Å². The third-order valence-electron chi connectivity index (χ3n) is 4.36. The van der Waals surface area contributed by atoms with E-state index in [1.807, 2.05) is 30.3 Å². The average molecular weight is 339 g/mol. The number of carbonyl (C=O) groups is 2. The molecule has 6 heteroatoms. The van der Waals surface area contributed by atoms with Gasteiger partial charge in [0.05, 0.1) is 25.3 Å². The summed E-state index contributed by atoms with van der Waals surface area (Å²) in [6.45, 7) is 2.84. The second kappa shape index (κ2) is 7.34. The second-order valence-corrected chi connectivity index (χ2v) is 6.18. The lowest BCUT2D eigenvalue weighted by Gasteiger charge is -2.46. The summed E-state index contributed by atoms with van der Waals surface area (Å²) in [6, 6.07) is 15.1. The summed E-state index contributed by atoms with van der Waals surface area (Å²) in [7, 11) is 1.34. The maximum absolute atomic E-state index is 12.6. The SMILES string of the molecule is COC(=O)Cc1cccc(NC(=O)N2C[C@H](C)[C@H]2c2ccccc2)n1. The largest absolute Gasteiger partial charge is 0.469 e. The Morgan fingerprint density at radius 2 is 1.96 bits per heavy atom. The van der Waals surface area contributed by atoms with Crippen molar-refractivity contribution in [1.82, 2.24) is 9.88 Å². The van der Waals surface area contributed by atoms with E-state index < -0.39 is 0 Å². The Labute approximate surface area is 146 Å². The van der Waals surface area contributed by atoms with Crippen LogP contribution in [0, 0.1) is 5.92 Å². The highest BCUT2D eigenvalue weighted by molar-refractivity contribution is 5.89. The Balaban J connectivity index is 1.68. The minimum atomic E-state index is -0.364. The molecular formula is C19H21N3O3. The molecule has 6 nitrogen and oxygen atoms in total. The minimum absolute atomic E-state index is 0.0689. The van der Waals surface area contributed by atoms with Crippen molar-refractivity contribution < 1.29 is 14.3 Å². The summed E-state index contributed by atoms with van der Waals surface area (Å²) < 4.78 is 4.64. The fraction of sp³-hybridized carbons (Fsp3) is 0.316. The van der Waals surface area contributed by atoms with Crippen LogP contribution in [0.3, 0.4) is 0 Å². The van der Waals surface area contributed by atoms with E-state index in [2.05, 4.69) is 22.0 Å². The Hall–Kier alpha value is -2.89. The van der Waals surface area contributed by atoms with E-state index in [-0.39, 0.29) is 24.5 Å². The van der Waals surface area contributed by atoms with E-state index >= 15 is 0 Å². The highest BCUT2D eigenvalue weighted by atomic mass is 16.5. The second-order valence-electron chi connectivity index (χ2n) is 6.18. The number of hydrogen-bond acceptors (Lipinski definition) is 4. The van der Waals surface area contributed by atoms with Crippen molar-refractivity contribution in [2.75, 3.05) is 19.0 Å². The van der Waals surface area contributed by atoms with Gasteiger partial charge in [0.25, 0.3) is 0 Å². The minimum Gasteiger partial charge on any atom is -0.469 e. The number of nitrogens with zero attached hydrogens (tertiary/aromatic N) is 2. The molecule has 25 heavy (non-hydrogen) atoms. The van der Waals surface area contributed by atoms with E-state index in [0.717, 1.165) is 5.56 Å². The van der Waals surface area contributed by atoms with Crippen LogP contribution in [-0.4, -0.2) is 35.5 Å². The van der Waals surface area contributed by atoms with Gasteiger partial charge in [-0.1, -0.05) is 43.3 Å². The summed E-state index contributed by atoms with van der Waals surface area (Å²) in [4.78, 5) is 30.1. The fourth-order valence-electron chi connectivity index (χ4n) is 3.11. The van der Waals surface area contributed by atoms with Gasteiger partial charge in [-0.15, -0.1) is 0 Å². The zero-order valence-corrected chi connectivity index (χ0v) is 14.3. The topological polar surface area (TPSA) is 71.5 Å². The lowest BCUT2D eigenvalue weighted by molar-refractivity contribution is -0.139. The summed E-state index contributed by atoms with van der Waals surface area (Å²) in [5, 5.41) is 2.82. The summed E-state index contributed by atoms with van der Waals surface area (Å²) >= 11 is 0. The summed E-state index contributed by atoms with van der Waals surface area (Å²) in [6.07, 6.45) is 0.0770. The van der Waals surface area contributed by atoms with Crippen LogP contribution in [0.2, 0.25) is 0 Å². The van der Waals surface area contributed by atoms with Crippen LogP contribution in [0.1, 0.15) is 24.2 Å². The first-order chi connectivity index (χ1) is 12.1. The molecule has 0 radical (unpaired) electrons. The zero-order chi connectivity index (χ0) is 17.8. The standard InChI is InChI=1S/C19H21N3O3/c1-13-12-22(18(13)14-7-4-3-5-8-14)19(24)21-16-10-6-9-15(20-16)11-17(23)25-2/h3-10,13,18H,11-12H2,1-2H3,(H,20,21,24)/t13-,18-/m0/s1. The molecule has 3 rings (SSSR count). The first kappa shape index (κ1) is 17.0. The normalized spacial score (nSPS) is 19.0. The molecule has 1 N–H and O–H groups in total. The van der Waals surface area contributed by atoms with Crippen molar-refractivity contribution in [1.29, 1.82) is 0 Å². The Bertz CT molecular complexity index is 764. The van der Waals surface area contributed by atoms with Crippen molar-refractivity contribution in [2.24, 2.45) is 5.92 Å². The number of nitrogens with one attached hydrogen (secondary N) is 1. The Morgan fingerprint density at radius 3 is 2.64 bits per heavy atom. The van der Waals surface area contributed by atoms with Gasteiger partial charge in [-0.3, -0.25) is 10.1 Å². The molecule has 1 aromatic heterocycles. The molecule has 0 unspecified atom stereocenters. The maximum Gasteiger partial charge on any atom is 0.323 e. The van der Waals surface area contributed by atoms with Crippen molar-refractivity contribution in [2.45, 2.75) is 19.4 Å². The van der Waals surface area contributed by atoms with E-state index in [1.165, 1.54) is 7.11 Å². The predicted molar refractivity (Wildman–Crippen MR) is 94.0 cm³/mol. The first-order valence-corrected chi connectivity index (χ1v) is 8.24. The molecule has 1 fully saturated rings. The molecule has 0 saturated carbocycles. The number of ether oxygens (including phenoxy) is 1. The smallest absolute Gasteiger partial charge is 0.323 e. The third-order valence-corrected chi connectivity index (χ3v) is 4.36. The summed E-state index contributed by atoms with van der Waals surface area (Å²) in [5.41, 5.74) is 1.69. The molecular weight excluding hydrogens is 318 g/mol. The number of pyridine rings is 1. The Kier molecular flexibility index (Phi) is 4.97. The van der Waals surface area contributed by atoms with Crippen molar-refractivity contribution in [3.8, 4) is 0 Å². The van der Waals surface area contributed by atoms with Crippen LogP contribution in [0.4, 0.5) is 10.6 Å². The molecule has 130 valence electrons. The lowest BCUT2D eigenvalue weighted by Crippen LogP contribution is -2.53. The monoisotopic (exact) mass is 339 g/mol. The highest BCUT2D eigenvalue weighted by Gasteiger charge is 2.40. The predicted octanol–water partition coefficient (Wildman–Crippen LogP) is 3.02. The molecule has 2 atom stereocenters. The van der Waals surface area contributed by atoms with Crippen LogP contribution < -0.4 is 5.32 Å². The number of urea groups is 1. The number of benzene rings is 1. The van der Waals surface area contributed by atoms with Crippen LogP contribution in [-0.2, 0) is 16.0 Å². The van der Waals surface area contributed by atoms with Gasteiger partial charge in [0.15, 0.2) is 0 Å². The number of carbonyl (C=O) groups excluding carboxylic acids is 2. The zero-order valence-electron chi connectivity index (χ0n) is 14.3. The van der Waals surface area contributed by atoms with Gasteiger partial charge in [0.1, 0.15) is 5.82 Å². The van der Waals surface area contributed by atoms with Gasteiger partial charge in [-0.05, 0) is 23.6 Å². The quantitative estimate of drug-likeness (QED) is 0.869. The number of rotatable bonds is 4. The highest BCUT2D eigenvalue weighted by Crippen LogP contribution is 2.38. The number of aromatic nitrogens is 1. The van der Waals surface area contributed by atoms with E-state index in [4.69, 9.17) is 0 Å². The number of amides is 2. The van der Waals surface area contributed by atoms with Gasteiger partial charge < -0.3 is 9.64 Å². The molecule has 2 heterocycles. The van der Waals surface area contributed by atoms with Crippen molar-refractivity contribution in [3.63, 3.8) is 0 Å². The van der Waals surface area contributed by atoms with Crippen LogP contribution in [0.25, 0.3) is 0 Å². The first-order valence-electron chi connectivity index (χ1n) is 8.24. The van der Waals surface area contributed by atoms with Crippen molar-refractivity contribution >= 4 is 17.8 Å². The number of anilines is 1. The molecule has 0 aliphatic carbocycles. The fourth-order valence-corrected chi connectivity index (χ4v) is 3.11. The number of methoxy groups -OCH3 is 1. The van der Waals surface area contributed by atoms with Gasteiger partial charge in [-0.2, -0.15) is 0 Å².